The van der Waals surface area contributed by atoms with E-state index >= 15 is 0 Å². The summed E-state index contributed by atoms with van der Waals surface area (Å²) >= 11 is 0. The van der Waals surface area contributed by atoms with E-state index < -0.39 is 11.3 Å². The molecule has 2 bridgehead atoms. The lowest BCUT2D eigenvalue weighted by Crippen LogP contribution is -2.49. The highest BCUT2D eigenvalue weighted by atomic mass is 16.2. The van der Waals surface area contributed by atoms with Crippen LogP contribution in [-0.2, 0) is 14.4 Å². The quantitative estimate of drug-likeness (QED) is 0.621. The molecule has 3 aliphatic carbocycles. The number of carbonyl (C=O) groups is 3. The van der Waals surface area contributed by atoms with Crippen LogP contribution < -0.4 is 10.2 Å². The van der Waals surface area contributed by atoms with Crippen LogP contribution in [0.5, 0.6) is 0 Å². The summed E-state index contributed by atoms with van der Waals surface area (Å²) < 4.78 is 0. The minimum atomic E-state index is -0.846. The summed E-state index contributed by atoms with van der Waals surface area (Å²) in [5.74, 6) is -1.22. The van der Waals surface area contributed by atoms with Gasteiger partial charge in [-0.05, 0) is 53.4 Å². The van der Waals surface area contributed by atoms with Crippen LogP contribution in [0.15, 0.2) is 72.8 Å². The van der Waals surface area contributed by atoms with Crippen molar-refractivity contribution in [1.29, 1.82) is 0 Å². The predicted molar refractivity (Wildman–Crippen MR) is 121 cm³/mol. The number of anilines is 2. The molecule has 1 fully saturated rings. The average Bonchev–Trinajstić information content (AvgIpc) is 3.00. The number of amides is 3. The Morgan fingerprint density at radius 1 is 0.844 bits per heavy atom. The first kappa shape index (κ1) is 19.0. The summed E-state index contributed by atoms with van der Waals surface area (Å²) in [5.41, 5.74) is 4.94. The second kappa shape index (κ2) is 6.39. The minimum Gasteiger partial charge on any atom is -0.326 e. The van der Waals surface area contributed by atoms with E-state index in [2.05, 4.69) is 29.6 Å². The highest BCUT2D eigenvalue weighted by Crippen LogP contribution is 2.67. The molecule has 1 N–H and O–H groups in total. The van der Waals surface area contributed by atoms with Crippen molar-refractivity contribution in [2.24, 2.45) is 11.3 Å². The summed E-state index contributed by atoms with van der Waals surface area (Å²) in [4.78, 5) is 40.5. The second-order valence-electron chi connectivity index (χ2n) is 9.14. The van der Waals surface area contributed by atoms with E-state index in [1.54, 1.807) is 24.3 Å². The molecule has 1 heterocycles. The molecule has 2 unspecified atom stereocenters. The van der Waals surface area contributed by atoms with Crippen LogP contribution in [0.25, 0.3) is 0 Å². The van der Waals surface area contributed by atoms with Gasteiger partial charge >= 0.3 is 0 Å². The zero-order chi connectivity index (χ0) is 22.2. The Morgan fingerprint density at radius 2 is 1.38 bits per heavy atom. The van der Waals surface area contributed by atoms with Crippen LogP contribution >= 0.6 is 0 Å². The topological polar surface area (TPSA) is 66.5 Å². The van der Waals surface area contributed by atoms with Crippen molar-refractivity contribution in [3.8, 4) is 0 Å². The Kier molecular flexibility index (Phi) is 3.79. The Labute approximate surface area is 186 Å². The Balaban J connectivity index is 1.51. The maximum absolute atomic E-state index is 14.0. The van der Waals surface area contributed by atoms with Gasteiger partial charge in [0.2, 0.25) is 17.7 Å². The molecule has 3 aromatic carbocycles. The van der Waals surface area contributed by atoms with Crippen molar-refractivity contribution < 1.29 is 14.4 Å². The third-order valence-corrected chi connectivity index (χ3v) is 7.46. The molecule has 158 valence electrons. The molecule has 2 atom stereocenters. The number of benzene rings is 3. The van der Waals surface area contributed by atoms with Crippen molar-refractivity contribution in [1.82, 2.24) is 0 Å². The lowest BCUT2D eigenvalue weighted by Gasteiger charge is -2.51. The lowest BCUT2D eigenvalue weighted by atomic mass is 9.48. The molecule has 32 heavy (non-hydrogen) atoms. The zero-order valence-electron chi connectivity index (χ0n) is 17.8. The molecule has 5 heteroatoms. The molecule has 0 aromatic heterocycles. The summed E-state index contributed by atoms with van der Waals surface area (Å²) in [7, 11) is 0. The van der Waals surface area contributed by atoms with E-state index in [1.807, 2.05) is 31.2 Å². The molecular formula is C27H22N2O3. The van der Waals surface area contributed by atoms with Crippen molar-refractivity contribution >= 4 is 29.1 Å². The van der Waals surface area contributed by atoms with Gasteiger partial charge in [0.15, 0.2) is 0 Å². The van der Waals surface area contributed by atoms with Gasteiger partial charge in [-0.3, -0.25) is 14.4 Å². The van der Waals surface area contributed by atoms with E-state index in [-0.39, 0.29) is 29.6 Å². The summed E-state index contributed by atoms with van der Waals surface area (Å²) in [6.45, 7) is 3.41. The molecule has 5 nitrogen and oxygen atoms in total. The summed E-state index contributed by atoms with van der Waals surface area (Å²) in [5, 5.41) is 2.72. The van der Waals surface area contributed by atoms with Crippen LogP contribution in [0, 0.1) is 11.3 Å². The van der Waals surface area contributed by atoms with E-state index in [9.17, 15) is 14.4 Å². The number of nitrogens with zero attached hydrogens (tertiary/aromatic N) is 1. The first-order valence-electron chi connectivity index (χ1n) is 10.9. The molecule has 0 spiro atoms. The third kappa shape index (κ3) is 2.25. The van der Waals surface area contributed by atoms with Crippen molar-refractivity contribution in [2.45, 2.75) is 25.7 Å². The van der Waals surface area contributed by atoms with Crippen LogP contribution in [0.4, 0.5) is 11.4 Å². The smallest absolute Gasteiger partial charge is 0.241 e. The molecule has 1 saturated heterocycles. The van der Waals surface area contributed by atoms with Crippen molar-refractivity contribution in [3.63, 3.8) is 0 Å². The van der Waals surface area contributed by atoms with E-state index in [1.165, 1.54) is 11.8 Å². The van der Waals surface area contributed by atoms with Gasteiger partial charge in [0, 0.05) is 24.4 Å². The number of hydrogen-bond donors (Lipinski definition) is 1. The number of rotatable bonds is 2. The molecule has 1 aliphatic heterocycles. The largest absolute Gasteiger partial charge is 0.326 e. The average molecular weight is 422 g/mol. The minimum absolute atomic E-state index is 0.141. The first-order chi connectivity index (χ1) is 15.4. The standard InChI is InChI=1S/C27H22N2O3/c1-15(30)28-16-11-13-17(14-12-16)29-25(31)24-22-18-7-3-5-9-20(18)23(27(24,2)26(29)32)21-10-6-4-8-19(21)22/h3-14,22-24H,1-2H3,(H,28,30). The fourth-order valence-electron chi connectivity index (χ4n) is 6.26. The van der Waals surface area contributed by atoms with Crippen molar-refractivity contribution in [3.05, 3.63) is 95.1 Å². The fraction of sp³-hybridized carbons (Fsp3) is 0.222. The Bertz CT molecular complexity index is 1260. The maximum atomic E-state index is 14.0. The highest BCUT2D eigenvalue weighted by molar-refractivity contribution is 6.25. The molecule has 3 amide bonds. The zero-order valence-corrected chi connectivity index (χ0v) is 17.8. The maximum Gasteiger partial charge on any atom is 0.241 e. The Morgan fingerprint density at radius 3 is 1.91 bits per heavy atom. The normalized spacial score (nSPS) is 27.1. The van der Waals surface area contributed by atoms with E-state index in [0.29, 0.717) is 11.4 Å². The SMILES string of the molecule is CC(=O)Nc1ccc(N2C(=O)C3C4c5ccccc5C(c5ccccc54)C3(C)C2=O)cc1. The molecule has 4 aliphatic rings. The van der Waals surface area contributed by atoms with Crippen LogP contribution in [0.3, 0.4) is 0 Å². The number of carbonyl (C=O) groups excluding carboxylic acids is 3. The predicted octanol–water partition coefficient (Wildman–Crippen LogP) is 4.43. The van der Waals surface area contributed by atoms with Gasteiger partial charge in [-0.2, -0.15) is 0 Å². The molecular weight excluding hydrogens is 400 g/mol. The van der Waals surface area contributed by atoms with Crippen LogP contribution in [0.2, 0.25) is 0 Å². The number of imide groups is 1. The van der Waals surface area contributed by atoms with Crippen molar-refractivity contribution in [2.75, 3.05) is 10.2 Å². The van der Waals surface area contributed by atoms with Gasteiger partial charge in [0.1, 0.15) is 0 Å². The number of nitrogens with one attached hydrogen (secondary N) is 1. The molecule has 7 rings (SSSR count). The first-order valence-corrected chi connectivity index (χ1v) is 10.9. The Hall–Kier alpha value is -3.73. The van der Waals surface area contributed by atoms with Gasteiger partial charge in [-0.1, -0.05) is 48.5 Å². The van der Waals surface area contributed by atoms with Gasteiger partial charge in [-0.15, -0.1) is 0 Å². The third-order valence-electron chi connectivity index (χ3n) is 7.46. The number of hydrogen-bond acceptors (Lipinski definition) is 3. The lowest BCUT2D eigenvalue weighted by molar-refractivity contribution is -0.128. The van der Waals surface area contributed by atoms with E-state index in [0.717, 1.165) is 22.3 Å². The van der Waals surface area contributed by atoms with Crippen LogP contribution in [0.1, 0.15) is 47.9 Å². The van der Waals surface area contributed by atoms with Crippen LogP contribution in [-0.4, -0.2) is 17.7 Å². The monoisotopic (exact) mass is 422 g/mol. The summed E-state index contributed by atoms with van der Waals surface area (Å²) in [6, 6.07) is 23.4. The van der Waals surface area contributed by atoms with Gasteiger partial charge in [0.05, 0.1) is 17.0 Å². The van der Waals surface area contributed by atoms with Gasteiger partial charge < -0.3 is 5.32 Å². The highest BCUT2D eigenvalue weighted by Gasteiger charge is 2.68. The van der Waals surface area contributed by atoms with E-state index in [4.69, 9.17) is 0 Å². The van der Waals surface area contributed by atoms with Gasteiger partial charge in [-0.25, -0.2) is 4.90 Å². The molecule has 0 saturated carbocycles. The summed E-state index contributed by atoms with van der Waals surface area (Å²) in [6.07, 6.45) is 0. The van der Waals surface area contributed by atoms with Gasteiger partial charge in [0.25, 0.3) is 0 Å². The molecule has 0 radical (unpaired) electrons. The fourth-order valence-corrected chi connectivity index (χ4v) is 6.26. The molecule has 3 aromatic rings. The second-order valence-corrected chi connectivity index (χ2v) is 9.14.